The Hall–Kier alpha value is -4.47. The summed E-state index contributed by atoms with van der Waals surface area (Å²) in [6.07, 6.45) is 3.83. The van der Waals surface area contributed by atoms with E-state index >= 15 is 0 Å². The van der Waals surface area contributed by atoms with E-state index in [2.05, 4.69) is 15.6 Å². The summed E-state index contributed by atoms with van der Waals surface area (Å²) in [4.78, 5) is 29.7. The first-order chi connectivity index (χ1) is 19.5. The van der Waals surface area contributed by atoms with E-state index in [9.17, 15) is 14.0 Å². The van der Waals surface area contributed by atoms with Crippen molar-refractivity contribution in [2.24, 2.45) is 0 Å². The molecule has 5 rings (SSSR count). The number of aromatic nitrogens is 3. The van der Waals surface area contributed by atoms with Crippen LogP contribution in [0.4, 0.5) is 4.39 Å². The molecule has 0 radical (unpaired) electrons. The number of hydrogen-bond acceptors (Lipinski definition) is 6. The highest BCUT2D eigenvalue weighted by Crippen LogP contribution is 2.38. The highest BCUT2D eigenvalue weighted by molar-refractivity contribution is 5.90. The number of methoxy groups -OCH3 is 2. The predicted molar refractivity (Wildman–Crippen MR) is 147 cm³/mol. The fraction of sp³-hybridized carbons (Fsp3) is 0.333. The van der Waals surface area contributed by atoms with Crippen molar-refractivity contribution in [1.82, 2.24) is 25.2 Å². The van der Waals surface area contributed by atoms with Crippen LogP contribution in [0.25, 0.3) is 11.0 Å². The van der Waals surface area contributed by atoms with E-state index in [0.717, 1.165) is 25.7 Å². The molecule has 1 aliphatic rings. The van der Waals surface area contributed by atoms with Gasteiger partial charge in [-0.3, -0.25) is 9.59 Å². The smallest absolute Gasteiger partial charge is 0.247 e. The van der Waals surface area contributed by atoms with Crippen molar-refractivity contribution < 1.29 is 23.5 Å². The second-order valence-corrected chi connectivity index (χ2v) is 9.86. The number of hydrogen-bond donors (Lipinski definition) is 1. The van der Waals surface area contributed by atoms with E-state index < -0.39 is 6.04 Å². The Morgan fingerprint density at radius 2 is 1.77 bits per heavy atom. The normalized spacial score (nSPS) is 14.2. The van der Waals surface area contributed by atoms with Crippen molar-refractivity contribution in [2.45, 2.75) is 50.9 Å². The Balaban J connectivity index is 1.59. The van der Waals surface area contributed by atoms with E-state index in [4.69, 9.17) is 9.47 Å². The van der Waals surface area contributed by atoms with Gasteiger partial charge in [0.1, 0.15) is 23.9 Å². The quantitative estimate of drug-likeness (QED) is 0.317. The van der Waals surface area contributed by atoms with Crippen LogP contribution in [0.2, 0.25) is 0 Å². The third kappa shape index (κ3) is 5.75. The van der Waals surface area contributed by atoms with Crippen molar-refractivity contribution in [2.75, 3.05) is 14.2 Å². The fourth-order valence-corrected chi connectivity index (χ4v) is 5.29. The molecule has 9 nitrogen and oxygen atoms in total. The Morgan fingerprint density at radius 1 is 1.02 bits per heavy atom. The topological polar surface area (TPSA) is 98.6 Å². The first-order valence-corrected chi connectivity index (χ1v) is 13.3. The van der Waals surface area contributed by atoms with Crippen LogP contribution in [0.3, 0.4) is 0 Å². The Morgan fingerprint density at radius 3 is 2.50 bits per heavy atom. The minimum absolute atomic E-state index is 0.0219. The van der Waals surface area contributed by atoms with Gasteiger partial charge in [0.25, 0.3) is 0 Å². The third-order valence-corrected chi connectivity index (χ3v) is 7.28. The van der Waals surface area contributed by atoms with Gasteiger partial charge in [0, 0.05) is 18.2 Å². The van der Waals surface area contributed by atoms with Gasteiger partial charge >= 0.3 is 0 Å². The van der Waals surface area contributed by atoms with Gasteiger partial charge in [-0.2, -0.15) is 0 Å². The number of nitrogens with zero attached hydrogens (tertiary/aromatic N) is 4. The van der Waals surface area contributed by atoms with Crippen LogP contribution < -0.4 is 14.8 Å². The number of carbonyl (C=O) groups is 2. The van der Waals surface area contributed by atoms with Gasteiger partial charge < -0.3 is 19.7 Å². The van der Waals surface area contributed by atoms with E-state index in [-0.39, 0.29) is 36.8 Å². The molecule has 40 heavy (non-hydrogen) atoms. The zero-order valence-electron chi connectivity index (χ0n) is 22.5. The van der Waals surface area contributed by atoms with Gasteiger partial charge in [-0.05, 0) is 48.7 Å². The predicted octanol–water partition coefficient (Wildman–Crippen LogP) is 4.42. The van der Waals surface area contributed by atoms with Gasteiger partial charge in [0.05, 0.1) is 19.7 Å². The monoisotopic (exact) mass is 545 g/mol. The SMILES string of the molecule is COc1cccc([C@@H](C(=O)NC2CCCC2)N(Cc2ccc(F)cc2)C(=O)Cn2nnc3ccccc32)c1OC. The number of nitrogens with one attached hydrogen (secondary N) is 1. The van der Waals surface area contributed by atoms with Crippen LogP contribution in [0.5, 0.6) is 11.5 Å². The number of halogens is 1. The van der Waals surface area contributed by atoms with Crippen molar-refractivity contribution >= 4 is 22.8 Å². The van der Waals surface area contributed by atoms with Gasteiger partial charge in [-0.1, -0.05) is 54.5 Å². The number of rotatable bonds is 10. The molecule has 2 amide bonds. The maximum absolute atomic E-state index is 14.1. The van der Waals surface area contributed by atoms with E-state index in [1.54, 1.807) is 30.3 Å². The number of ether oxygens (including phenoxy) is 2. The van der Waals surface area contributed by atoms with E-state index in [0.29, 0.717) is 33.7 Å². The Bertz CT molecular complexity index is 1480. The largest absolute Gasteiger partial charge is 0.493 e. The molecular weight excluding hydrogens is 513 g/mol. The summed E-state index contributed by atoms with van der Waals surface area (Å²) in [5, 5.41) is 11.5. The maximum Gasteiger partial charge on any atom is 0.247 e. The molecule has 3 aromatic carbocycles. The standard InChI is InChI=1S/C30H32FN5O4/c1-39-26-13-7-10-23(29(26)40-2)28(30(38)32-22-8-3-4-9-22)35(18-20-14-16-21(31)17-15-20)27(37)19-36-25-12-6-5-11-24(25)33-34-36/h5-7,10-17,22,28H,3-4,8-9,18-19H2,1-2H3,(H,32,38)/t28-/m0/s1. The number of amides is 2. The molecule has 1 atom stereocenters. The second kappa shape index (κ2) is 12.1. The lowest BCUT2D eigenvalue weighted by Gasteiger charge is -2.33. The molecule has 10 heteroatoms. The number of benzene rings is 3. The summed E-state index contributed by atoms with van der Waals surface area (Å²) < 4.78 is 26.5. The van der Waals surface area contributed by atoms with Crippen molar-refractivity contribution in [3.8, 4) is 11.5 Å². The Labute approximate surface area is 231 Å². The van der Waals surface area contributed by atoms with Gasteiger partial charge in [-0.15, -0.1) is 5.10 Å². The van der Waals surface area contributed by atoms with Gasteiger partial charge in [0.2, 0.25) is 11.8 Å². The summed E-state index contributed by atoms with van der Waals surface area (Å²) in [5.41, 5.74) is 2.50. The summed E-state index contributed by atoms with van der Waals surface area (Å²) in [6.45, 7) is -0.101. The molecule has 4 aromatic rings. The molecular formula is C30H32FN5O4. The third-order valence-electron chi connectivity index (χ3n) is 7.28. The van der Waals surface area contributed by atoms with Crippen LogP contribution in [0.1, 0.15) is 42.9 Å². The second-order valence-electron chi connectivity index (χ2n) is 9.86. The first kappa shape index (κ1) is 27.1. The molecule has 1 heterocycles. The van der Waals surface area contributed by atoms with Gasteiger partial charge in [-0.25, -0.2) is 9.07 Å². The molecule has 1 aliphatic carbocycles. The molecule has 1 saturated carbocycles. The van der Waals surface area contributed by atoms with Crippen LogP contribution in [0, 0.1) is 5.82 Å². The van der Waals surface area contributed by atoms with Crippen molar-refractivity contribution in [1.29, 1.82) is 0 Å². The van der Waals surface area contributed by atoms with Gasteiger partial charge in [0.15, 0.2) is 11.5 Å². The lowest BCUT2D eigenvalue weighted by Crippen LogP contribution is -2.46. The highest BCUT2D eigenvalue weighted by atomic mass is 19.1. The molecule has 0 unspecified atom stereocenters. The molecule has 208 valence electrons. The lowest BCUT2D eigenvalue weighted by atomic mass is 10.00. The summed E-state index contributed by atoms with van der Waals surface area (Å²) >= 11 is 0. The molecule has 1 aromatic heterocycles. The fourth-order valence-electron chi connectivity index (χ4n) is 5.29. The number of fused-ring (bicyclic) bond motifs is 1. The molecule has 1 fully saturated rings. The molecule has 0 aliphatic heterocycles. The summed E-state index contributed by atoms with van der Waals surface area (Å²) in [6, 6.07) is 17.5. The average molecular weight is 546 g/mol. The summed E-state index contributed by atoms with van der Waals surface area (Å²) in [5.74, 6) is -0.274. The van der Waals surface area contributed by atoms with Crippen molar-refractivity contribution in [3.63, 3.8) is 0 Å². The van der Waals surface area contributed by atoms with Crippen LogP contribution in [0.15, 0.2) is 66.7 Å². The first-order valence-electron chi connectivity index (χ1n) is 13.3. The minimum Gasteiger partial charge on any atom is -0.493 e. The van der Waals surface area contributed by atoms with Crippen molar-refractivity contribution in [3.05, 3.63) is 83.7 Å². The number of carbonyl (C=O) groups excluding carboxylic acids is 2. The molecule has 1 N–H and O–H groups in total. The number of para-hydroxylation sites is 2. The minimum atomic E-state index is -1.06. The Kier molecular flexibility index (Phi) is 8.23. The molecule has 0 saturated heterocycles. The maximum atomic E-state index is 14.1. The zero-order chi connectivity index (χ0) is 28.1. The summed E-state index contributed by atoms with van der Waals surface area (Å²) in [7, 11) is 3.02. The van der Waals surface area contributed by atoms with Crippen LogP contribution in [-0.4, -0.2) is 52.0 Å². The lowest BCUT2D eigenvalue weighted by molar-refractivity contribution is -0.142. The van der Waals surface area contributed by atoms with E-state index in [1.165, 1.54) is 35.9 Å². The zero-order valence-corrected chi connectivity index (χ0v) is 22.5. The van der Waals surface area contributed by atoms with Crippen LogP contribution >= 0.6 is 0 Å². The van der Waals surface area contributed by atoms with E-state index in [1.807, 2.05) is 24.3 Å². The molecule has 0 bridgehead atoms. The highest BCUT2D eigenvalue weighted by Gasteiger charge is 2.36. The average Bonchev–Trinajstić information content (AvgIpc) is 3.63. The molecule has 0 spiro atoms. The van der Waals surface area contributed by atoms with Crippen LogP contribution in [-0.2, 0) is 22.7 Å².